The van der Waals surface area contributed by atoms with Gasteiger partial charge in [0, 0.05) is 12.1 Å². The van der Waals surface area contributed by atoms with Gasteiger partial charge in [0.1, 0.15) is 11.6 Å². The van der Waals surface area contributed by atoms with E-state index in [9.17, 15) is 22.8 Å². The van der Waals surface area contributed by atoms with Crippen LogP contribution >= 0.6 is 0 Å². The number of aliphatic carboxylic acids is 1. The molecule has 126 valence electrons. The highest BCUT2D eigenvalue weighted by atomic mass is 19.3. The highest BCUT2D eigenvalue weighted by Crippen LogP contribution is 2.58. The zero-order valence-electron chi connectivity index (χ0n) is 12.5. The molecule has 1 aliphatic rings. The van der Waals surface area contributed by atoms with E-state index in [0.717, 1.165) is 12.1 Å². The van der Waals surface area contributed by atoms with Gasteiger partial charge in [0.2, 0.25) is 5.91 Å². The summed E-state index contributed by atoms with van der Waals surface area (Å²) in [4.78, 5) is 23.1. The van der Waals surface area contributed by atoms with Crippen molar-refractivity contribution in [1.29, 1.82) is 0 Å². The molecule has 0 radical (unpaired) electrons. The normalized spacial score (nSPS) is 21.8. The summed E-state index contributed by atoms with van der Waals surface area (Å²) in [7, 11) is 0. The van der Waals surface area contributed by atoms with E-state index in [2.05, 4.69) is 10.1 Å². The lowest BCUT2D eigenvalue weighted by Gasteiger charge is -2.12. The van der Waals surface area contributed by atoms with Gasteiger partial charge >= 0.3 is 12.6 Å². The van der Waals surface area contributed by atoms with E-state index in [4.69, 9.17) is 5.11 Å². The van der Waals surface area contributed by atoms with Gasteiger partial charge in [-0.3, -0.25) is 9.59 Å². The van der Waals surface area contributed by atoms with Crippen LogP contribution in [0.4, 0.5) is 13.2 Å². The SMILES string of the molecule is CC1(C)[C@H](C(=O)O)[C@@H]1C(=O)NCc1c(F)cccc1OC(F)F. The van der Waals surface area contributed by atoms with Gasteiger partial charge in [-0.25, -0.2) is 4.39 Å². The largest absolute Gasteiger partial charge is 0.481 e. The van der Waals surface area contributed by atoms with Crippen LogP contribution in [0.1, 0.15) is 19.4 Å². The van der Waals surface area contributed by atoms with Crippen molar-refractivity contribution >= 4 is 11.9 Å². The molecule has 5 nitrogen and oxygen atoms in total. The third-order valence-corrected chi connectivity index (χ3v) is 4.11. The third kappa shape index (κ3) is 3.40. The monoisotopic (exact) mass is 331 g/mol. The molecule has 2 N–H and O–H groups in total. The minimum atomic E-state index is -3.12. The molecule has 2 atom stereocenters. The van der Waals surface area contributed by atoms with Crippen LogP contribution in [0, 0.1) is 23.1 Å². The standard InChI is InChI=1S/C15H16F3NO4/c1-15(2)10(11(15)13(21)22)12(20)19-6-7-8(16)4-3-5-9(7)23-14(17)18/h3-5,10-11,14H,6H2,1-2H3,(H,19,20)(H,21,22)/t10-,11+/m1/s1. The molecule has 0 aromatic heterocycles. The lowest BCUT2D eigenvalue weighted by molar-refractivity contribution is -0.140. The Morgan fingerprint density at radius 3 is 2.52 bits per heavy atom. The summed E-state index contributed by atoms with van der Waals surface area (Å²) >= 11 is 0. The number of benzene rings is 1. The van der Waals surface area contributed by atoms with Gasteiger partial charge in [0.15, 0.2) is 0 Å². The molecular weight excluding hydrogens is 315 g/mol. The summed E-state index contributed by atoms with van der Waals surface area (Å²) in [5.74, 6) is -4.37. The molecule has 8 heteroatoms. The van der Waals surface area contributed by atoms with E-state index < -0.39 is 41.6 Å². The van der Waals surface area contributed by atoms with Crippen molar-refractivity contribution in [2.45, 2.75) is 27.0 Å². The van der Waals surface area contributed by atoms with E-state index >= 15 is 0 Å². The number of carbonyl (C=O) groups excluding carboxylic acids is 1. The fourth-order valence-electron chi connectivity index (χ4n) is 2.79. The first kappa shape index (κ1) is 17.1. The first-order valence-electron chi connectivity index (χ1n) is 6.89. The van der Waals surface area contributed by atoms with Crippen LogP contribution in [0.5, 0.6) is 5.75 Å². The zero-order chi connectivity index (χ0) is 17.4. The van der Waals surface area contributed by atoms with E-state index in [1.165, 1.54) is 6.07 Å². The summed E-state index contributed by atoms with van der Waals surface area (Å²) < 4.78 is 42.6. The second-order valence-electron chi connectivity index (χ2n) is 5.93. The molecule has 1 aromatic rings. The molecule has 0 unspecified atom stereocenters. The van der Waals surface area contributed by atoms with E-state index in [0.29, 0.717) is 0 Å². The van der Waals surface area contributed by atoms with Crippen LogP contribution in [0.15, 0.2) is 18.2 Å². The number of alkyl halides is 2. The lowest BCUT2D eigenvalue weighted by Crippen LogP contribution is -2.27. The van der Waals surface area contributed by atoms with Crippen molar-refractivity contribution in [2.24, 2.45) is 17.3 Å². The first-order valence-corrected chi connectivity index (χ1v) is 6.89. The van der Waals surface area contributed by atoms with Gasteiger partial charge in [-0.15, -0.1) is 0 Å². The summed E-state index contributed by atoms with van der Waals surface area (Å²) in [5, 5.41) is 11.4. The second kappa shape index (κ2) is 6.10. The summed E-state index contributed by atoms with van der Waals surface area (Å²) in [6, 6.07) is 3.43. The molecule has 0 spiro atoms. The molecule has 0 heterocycles. The zero-order valence-corrected chi connectivity index (χ0v) is 12.5. The number of carboxylic acids is 1. The number of amides is 1. The first-order chi connectivity index (χ1) is 10.7. The Morgan fingerprint density at radius 1 is 1.35 bits per heavy atom. The molecule has 1 aromatic carbocycles. The number of halogens is 3. The van der Waals surface area contributed by atoms with Gasteiger partial charge in [-0.05, 0) is 17.5 Å². The number of rotatable bonds is 6. The Kier molecular flexibility index (Phi) is 4.53. The van der Waals surface area contributed by atoms with Crippen molar-refractivity contribution < 1.29 is 32.6 Å². The summed E-state index contributed by atoms with van der Waals surface area (Å²) in [6.45, 7) is -0.202. The average molecular weight is 331 g/mol. The molecule has 0 aliphatic heterocycles. The Balaban J connectivity index is 2.07. The van der Waals surface area contributed by atoms with E-state index in [-0.39, 0.29) is 17.9 Å². The fourth-order valence-corrected chi connectivity index (χ4v) is 2.79. The Morgan fingerprint density at radius 2 is 2.00 bits per heavy atom. The van der Waals surface area contributed by atoms with Crippen molar-refractivity contribution in [2.75, 3.05) is 0 Å². The van der Waals surface area contributed by atoms with Crippen molar-refractivity contribution in [1.82, 2.24) is 5.32 Å². The van der Waals surface area contributed by atoms with Crippen LogP contribution in [-0.4, -0.2) is 23.6 Å². The number of hydrogen-bond acceptors (Lipinski definition) is 3. The van der Waals surface area contributed by atoms with Crippen molar-refractivity contribution in [3.8, 4) is 5.75 Å². The maximum Gasteiger partial charge on any atom is 0.387 e. The quantitative estimate of drug-likeness (QED) is 0.839. The Labute approximate surface area is 130 Å². The van der Waals surface area contributed by atoms with Gasteiger partial charge in [-0.2, -0.15) is 8.78 Å². The van der Waals surface area contributed by atoms with Crippen LogP contribution in [0.25, 0.3) is 0 Å². The maximum absolute atomic E-state index is 13.8. The van der Waals surface area contributed by atoms with Crippen LogP contribution < -0.4 is 10.1 Å². The molecule has 1 fully saturated rings. The molecule has 2 rings (SSSR count). The molecular formula is C15H16F3NO4. The summed E-state index contributed by atoms with van der Waals surface area (Å²) in [5.41, 5.74) is -0.917. The molecule has 23 heavy (non-hydrogen) atoms. The van der Waals surface area contributed by atoms with Crippen LogP contribution in [0.3, 0.4) is 0 Å². The Bertz CT molecular complexity index is 633. The van der Waals surface area contributed by atoms with Gasteiger partial charge in [0.25, 0.3) is 0 Å². The average Bonchev–Trinajstić information content (AvgIpc) is 3.00. The van der Waals surface area contributed by atoms with E-state index in [1.807, 2.05) is 0 Å². The molecule has 0 bridgehead atoms. The highest BCUT2D eigenvalue weighted by Gasteiger charge is 2.65. The molecule has 1 amide bonds. The number of ether oxygens (including phenoxy) is 1. The third-order valence-electron chi connectivity index (χ3n) is 4.11. The van der Waals surface area contributed by atoms with Gasteiger partial charge in [-0.1, -0.05) is 19.9 Å². The summed E-state index contributed by atoms with van der Waals surface area (Å²) in [6.07, 6.45) is 0. The lowest BCUT2D eigenvalue weighted by atomic mass is 10.1. The van der Waals surface area contributed by atoms with Crippen molar-refractivity contribution in [3.05, 3.63) is 29.6 Å². The van der Waals surface area contributed by atoms with Crippen LogP contribution in [0.2, 0.25) is 0 Å². The predicted molar refractivity (Wildman–Crippen MR) is 73.3 cm³/mol. The highest BCUT2D eigenvalue weighted by molar-refractivity contribution is 5.91. The van der Waals surface area contributed by atoms with Crippen molar-refractivity contribution in [3.63, 3.8) is 0 Å². The molecule has 1 saturated carbocycles. The Hall–Kier alpha value is -2.25. The maximum atomic E-state index is 13.8. The van der Waals surface area contributed by atoms with Gasteiger partial charge < -0.3 is 15.2 Å². The second-order valence-corrected chi connectivity index (χ2v) is 5.93. The topological polar surface area (TPSA) is 75.6 Å². The predicted octanol–water partition coefficient (Wildman–Crippen LogP) is 2.40. The van der Waals surface area contributed by atoms with Gasteiger partial charge in [0.05, 0.1) is 11.8 Å². The number of carboxylic acid groups (broad SMARTS) is 1. The minimum absolute atomic E-state index is 0.216. The molecule has 1 aliphatic carbocycles. The number of hydrogen-bond donors (Lipinski definition) is 2. The number of carbonyl (C=O) groups is 2. The number of nitrogens with one attached hydrogen (secondary N) is 1. The fraction of sp³-hybridized carbons (Fsp3) is 0.467. The van der Waals surface area contributed by atoms with Crippen LogP contribution in [-0.2, 0) is 16.1 Å². The minimum Gasteiger partial charge on any atom is -0.481 e. The molecule has 0 saturated heterocycles. The van der Waals surface area contributed by atoms with E-state index in [1.54, 1.807) is 13.8 Å². The smallest absolute Gasteiger partial charge is 0.387 e.